The molecule has 0 atom stereocenters. The standard InChI is InChI=1S/C8H7ClN2S/c9-8-5-4-7(10-11-8)3-1-2-6-12/h4-5,12H,2,6H2. The molecule has 0 N–H and O–H groups in total. The van der Waals surface area contributed by atoms with Gasteiger partial charge in [0.2, 0.25) is 0 Å². The molecule has 0 fully saturated rings. The van der Waals surface area contributed by atoms with Crippen molar-refractivity contribution in [3.63, 3.8) is 0 Å². The number of aromatic nitrogens is 2. The van der Waals surface area contributed by atoms with Gasteiger partial charge in [-0.3, -0.25) is 0 Å². The molecule has 2 nitrogen and oxygen atoms in total. The van der Waals surface area contributed by atoms with Crippen LogP contribution in [0.15, 0.2) is 12.1 Å². The maximum absolute atomic E-state index is 5.54. The molecule has 0 amide bonds. The van der Waals surface area contributed by atoms with E-state index in [1.165, 1.54) is 0 Å². The van der Waals surface area contributed by atoms with Crippen molar-refractivity contribution in [2.45, 2.75) is 6.42 Å². The summed E-state index contributed by atoms with van der Waals surface area (Å²) in [4.78, 5) is 0. The third kappa shape index (κ3) is 3.12. The number of halogens is 1. The van der Waals surface area contributed by atoms with Gasteiger partial charge in [0.15, 0.2) is 5.15 Å². The van der Waals surface area contributed by atoms with Crippen molar-refractivity contribution >= 4 is 24.2 Å². The molecule has 62 valence electrons. The fourth-order valence-electron chi connectivity index (χ4n) is 0.592. The summed E-state index contributed by atoms with van der Waals surface area (Å²) in [6.07, 6.45) is 0.757. The van der Waals surface area contributed by atoms with E-state index in [4.69, 9.17) is 11.6 Å². The molecule has 1 rings (SSSR count). The Morgan fingerprint density at radius 3 is 2.83 bits per heavy atom. The van der Waals surface area contributed by atoms with Crippen LogP contribution in [-0.4, -0.2) is 16.0 Å². The Hall–Kier alpha value is -0.720. The Morgan fingerprint density at radius 1 is 1.42 bits per heavy atom. The largest absolute Gasteiger partial charge is 0.178 e. The second-order valence-corrected chi connectivity index (χ2v) is 2.85. The van der Waals surface area contributed by atoms with Crippen LogP contribution in [0.4, 0.5) is 0 Å². The normalized spacial score (nSPS) is 8.83. The Kier molecular flexibility index (Phi) is 3.92. The molecule has 0 aromatic carbocycles. The van der Waals surface area contributed by atoms with Gasteiger partial charge in [0.1, 0.15) is 5.69 Å². The lowest BCUT2D eigenvalue weighted by molar-refractivity contribution is 1.01. The van der Waals surface area contributed by atoms with Gasteiger partial charge in [0, 0.05) is 12.2 Å². The molecule has 4 heteroatoms. The predicted octanol–water partition coefficient (Wildman–Crippen LogP) is 1.80. The summed E-state index contributed by atoms with van der Waals surface area (Å²) in [6, 6.07) is 3.40. The monoisotopic (exact) mass is 198 g/mol. The first-order chi connectivity index (χ1) is 5.83. The molecule has 0 saturated carbocycles. The van der Waals surface area contributed by atoms with Crippen LogP contribution < -0.4 is 0 Å². The topological polar surface area (TPSA) is 25.8 Å². The summed E-state index contributed by atoms with van der Waals surface area (Å²) in [7, 11) is 0. The molecule has 0 bridgehead atoms. The van der Waals surface area contributed by atoms with E-state index < -0.39 is 0 Å². The number of hydrogen-bond donors (Lipinski definition) is 1. The fourth-order valence-corrected chi connectivity index (χ4v) is 0.804. The Balaban J connectivity index is 2.66. The first kappa shape index (κ1) is 9.37. The molecule has 1 heterocycles. The minimum absolute atomic E-state index is 0.384. The smallest absolute Gasteiger partial charge is 0.151 e. The van der Waals surface area contributed by atoms with E-state index in [-0.39, 0.29) is 0 Å². The summed E-state index contributed by atoms with van der Waals surface area (Å²) in [5.74, 6) is 6.50. The van der Waals surface area contributed by atoms with Crippen LogP contribution in [0.5, 0.6) is 0 Å². The van der Waals surface area contributed by atoms with Gasteiger partial charge in [0.05, 0.1) is 0 Å². The van der Waals surface area contributed by atoms with Crippen LogP contribution >= 0.6 is 24.2 Å². The number of thiol groups is 1. The first-order valence-corrected chi connectivity index (χ1v) is 4.43. The molecule has 1 aromatic rings. The molecule has 1 aromatic heterocycles. The van der Waals surface area contributed by atoms with Crippen molar-refractivity contribution in [1.29, 1.82) is 0 Å². The molecule has 0 aliphatic carbocycles. The van der Waals surface area contributed by atoms with Gasteiger partial charge in [-0.1, -0.05) is 17.5 Å². The molecule has 0 aliphatic heterocycles. The first-order valence-electron chi connectivity index (χ1n) is 3.42. The minimum Gasteiger partial charge on any atom is -0.178 e. The van der Waals surface area contributed by atoms with E-state index in [0.29, 0.717) is 10.8 Å². The van der Waals surface area contributed by atoms with E-state index in [0.717, 1.165) is 12.2 Å². The lowest BCUT2D eigenvalue weighted by Gasteiger charge is -1.87. The van der Waals surface area contributed by atoms with Crippen LogP contribution in [0.1, 0.15) is 12.1 Å². The third-order valence-electron chi connectivity index (χ3n) is 1.09. The molecular weight excluding hydrogens is 192 g/mol. The van der Waals surface area contributed by atoms with E-state index in [2.05, 4.69) is 34.7 Å². The second-order valence-electron chi connectivity index (χ2n) is 2.02. The average molecular weight is 199 g/mol. The minimum atomic E-state index is 0.384. The van der Waals surface area contributed by atoms with Crippen molar-refractivity contribution in [3.8, 4) is 11.8 Å². The summed E-state index contributed by atoms with van der Waals surface area (Å²) in [5, 5.41) is 7.81. The summed E-state index contributed by atoms with van der Waals surface area (Å²) < 4.78 is 0. The van der Waals surface area contributed by atoms with Gasteiger partial charge in [-0.15, -0.1) is 10.2 Å². The van der Waals surface area contributed by atoms with Crippen molar-refractivity contribution in [2.75, 3.05) is 5.75 Å². The molecule has 0 unspecified atom stereocenters. The summed E-state index contributed by atoms with van der Waals surface area (Å²) in [6.45, 7) is 0. The van der Waals surface area contributed by atoms with Gasteiger partial charge < -0.3 is 0 Å². The number of rotatable bonds is 1. The molecule has 12 heavy (non-hydrogen) atoms. The lowest BCUT2D eigenvalue weighted by atomic mass is 10.3. The third-order valence-corrected chi connectivity index (χ3v) is 1.51. The highest BCUT2D eigenvalue weighted by atomic mass is 35.5. The molecule has 0 spiro atoms. The van der Waals surface area contributed by atoms with Crippen molar-refractivity contribution in [2.24, 2.45) is 0 Å². The Bertz CT molecular complexity index is 299. The van der Waals surface area contributed by atoms with Crippen LogP contribution in [0.3, 0.4) is 0 Å². The zero-order valence-electron chi connectivity index (χ0n) is 6.29. The Labute approximate surface area is 81.8 Å². The van der Waals surface area contributed by atoms with Crippen LogP contribution in [0.2, 0.25) is 5.15 Å². The maximum atomic E-state index is 5.54. The fraction of sp³-hybridized carbons (Fsp3) is 0.250. The Morgan fingerprint density at radius 2 is 2.25 bits per heavy atom. The summed E-state index contributed by atoms with van der Waals surface area (Å²) >= 11 is 9.56. The number of nitrogens with zero attached hydrogens (tertiary/aromatic N) is 2. The van der Waals surface area contributed by atoms with Gasteiger partial charge in [-0.25, -0.2) is 0 Å². The SMILES string of the molecule is SCCC#Cc1ccc(Cl)nn1. The van der Waals surface area contributed by atoms with Crippen molar-refractivity contribution in [3.05, 3.63) is 23.0 Å². The molecular formula is C8H7ClN2S. The second kappa shape index (κ2) is 5.02. The van der Waals surface area contributed by atoms with Crippen LogP contribution in [0, 0.1) is 11.8 Å². The van der Waals surface area contributed by atoms with Gasteiger partial charge >= 0.3 is 0 Å². The van der Waals surface area contributed by atoms with Gasteiger partial charge in [-0.2, -0.15) is 12.6 Å². The van der Waals surface area contributed by atoms with E-state index >= 15 is 0 Å². The van der Waals surface area contributed by atoms with E-state index in [1.807, 2.05) is 0 Å². The highest BCUT2D eigenvalue weighted by Gasteiger charge is 1.89. The maximum Gasteiger partial charge on any atom is 0.151 e. The predicted molar refractivity (Wildman–Crippen MR) is 52.4 cm³/mol. The lowest BCUT2D eigenvalue weighted by Crippen LogP contribution is -1.85. The zero-order chi connectivity index (χ0) is 8.81. The van der Waals surface area contributed by atoms with Crippen molar-refractivity contribution < 1.29 is 0 Å². The van der Waals surface area contributed by atoms with E-state index in [9.17, 15) is 0 Å². The van der Waals surface area contributed by atoms with Gasteiger partial charge in [-0.05, 0) is 18.1 Å². The average Bonchev–Trinajstić information content (AvgIpc) is 2.09. The van der Waals surface area contributed by atoms with Crippen LogP contribution in [0.25, 0.3) is 0 Å². The van der Waals surface area contributed by atoms with Crippen LogP contribution in [-0.2, 0) is 0 Å². The number of hydrogen-bond acceptors (Lipinski definition) is 3. The highest BCUT2D eigenvalue weighted by molar-refractivity contribution is 7.80. The quantitative estimate of drug-likeness (QED) is 0.550. The highest BCUT2D eigenvalue weighted by Crippen LogP contribution is 2.00. The molecule has 0 radical (unpaired) electrons. The summed E-state index contributed by atoms with van der Waals surface area (Å²) in [5.41, 5.74) is 0.640. The van der Waals surface area contributed by atoms with E-state index in [1.54, 1.807) is 12.1 Å². The molecule has 0 saturated heterocycles. The van der Waals surface area contributed by atoms with Gasteiger partial charge in [0.25, 0.3) is 0 Å². The molecule has 0 aliphatic rings. The van der Waals surface area contributed by atoms with Crippen molar-refractivity contribution in [1.82, 2.24) is 10.2 Å². The zero-order valence-corrected chi connectivity index (χ0v) is 7.94.